The second-order valence-corrected chi connectivity index (χ2v) is 8.82. The third kappa shape index (κ3) is 4.21. The molecule has 1 atom stereocenters. The number of ether oxygens (including phenoxy) is 1. The van der Waals surface area contributed by atoms with Crippen molar-refractivity contribution in [2.24, 2.45) is 0 Å². The number of aromatic nitrogens is 3. The Morgan fingerprint density at radius 3 is 2.53 bits per heavy atom. The Hall–Kier alpha value is -3.87. The fourth-order valence-corrected chi connectivity index (χ4v) is 4.59. The molecule has 0 saturated carbocycles. The van der Waals surface area contributed by atoms with E-state index >= 15 is 0 Å². The lowest BCUT2D eigenvalue weighted by atomic mass is 9.97. The first-order chi connectivity index (χ1) is 16.5. The molecule has 1 unspecified atom stereocenters. The van der Waals surface area contributed by atoms with Gasteiger partial charge in [-0.25, -0.2) is 4.52 Å². The lowest BCUT2D eigenvalue weighted by Gasteiger charge is -2.15. The van der Waals surface area contributed by atoms with Crippen molar-refractivity contribution in [3.63, 3.8) is 0 Å². The van der Waals surface area contributed by atoms with Crippen LogP contribution in [0.1, 0.15) is 58.5 Å². The van der Waals surface area contributed by atoms with Crippen molar-refractivity contribution in [2.45, 2.75) is 45.2 Å². The van der Waals surface area contributed by atoms with Crippen LogP contribution in [0.2, 0.25) is 0 Å². The Kier molecular flexibility index (Phi) is 5.92. The van der Waals surface area contributed by atoms with E-state index in [0.29, 0.717) is 17.6 Å². The molecule has 2 aromatic heterocycles. The summed E-state index contributed by atoms with van der Waals surface area (Å²) in [6.07, 6.45) is 7.73. The first-order valence-corrected chi connectivity index (χ1v) is 11.7. The number of nitrogens with zero attached hydrogens (tertiary/aromatic N) is 3. The highest BCUT2D eigenvalue weighted by Crippen LogP contribution is 2.23. The molecule has 1 aliphatic rings. The molecule has 34 heavy (non-hydrogen) atoms. The van der Waals surface area contributed by atoms with Crippen LogP contribution in [0.4, 0.5) is 0 Å². The highest BCUT2D eigenvalue weighted by atomic mass is 16.5. The first kappa shape index (κ1) is 21.9. The molecule has 174 valence electrons. The number of hydrogen-bond acceptors (Lipinski definition) is 4. The highest BCUT2D eigenvalue weighted by Gasteiger charge is 2.19. The minimum Gasteiger partial charge on any atom is -0.497 e. The Balaban J connectivity index is 1.29. The number of nitrogens with one attached hydrogen (secondary N) is 1. The van der Waals surface area contributed by atoms with Gasteiger partial charge in [0.05, 0.1) is 25.4 Å². The number of methoxy groups -OCH3 is 1. The van der Waals surface area contributed by atoms with Crippen LogP contribution in [0.3, 0.4) is 0 Å². The third-order valence-electron chi connectivity index (χ3n) is 6.57. The summed E-state index contributed by atoms with van der Waals surface area (Å²) in [4.78, 5) is 25.9. The average molecular weight is 457 g/mol. The van der Waals surface area contributed by atoms with E-state index in [1.165, 1.54) is 0 Å². The van der Waals surface area contributed by atoms with Gasteiger partial charge in [-0.3, -0.25) is 9.59 Å². The quantitative estimate of drug-likeness (QED) is 0.477. The summed E-state index contributed by atoms with van der Waals surface area (Å²) in [5.74, 6) is 0.642. The summed E-state index contributed by atoms with van der Waals surface area (Å²) in [6.45, 7) is 2.39. The smallest absolute Gasteiger partial charge is 0.277 e. The first-order valence-electron chi connectivity index (χ1n) is 11.7. The fourth-order valence-electron chi connectivity index (χ4n) is 4.59. The van der Waals surface area contributed by atoms with Crippen molar-refractivity contribution in [3.05, 3.63) is 99.2 Å². The normalized spacial score (nSPS) is 13.9. The van der Waals surface area contributed by atoms with E-state index in [4.69, 9.17) is 4.74 Å². The van der Waals surface area contributed by atoms with Gasteiger partial charge in [-0.1, -0.05) is 24.3 Å². The van der Waals surface area contributed by atoms with Gasteiger partial charge in [0.2, 0.25) is 0 Å². The van der Waals surface area contributed by atoms with Gasteiger partial charge in [0.1, 0.15) is 11.3 Å². The largest absolute Gasteiger partial charge is 0.497 e. The minimum absolute atomic E-state index is 0.0201. The van der Waals surface area contributed by atoms with Crippen molar-refractivity contribution >= 4 is 11.4 Å². The van der Waals surface area contributed by atoms with Crippen molar-refractivity contribution in [1.29, 1.82) is 0 Å². The molecule has 2 aromatic carbocycles. The lowest BCUT2D eigenvalue weighted by molar-refractivity contribution is 0.0940. The second kappa shape index (κ2) is 9.17. The molecule has 7 heteroatoms. The molecule has 1 aliphatic carbocycles. The molecule has 0 fully saturated rings. The van der Waals surface area contributed by atoms with E-state index in [1.807, 2.05) is 49.5 Å². The standard InChI is InChI=1S/C27H28N4O3/c1-18(20-11-13-22(34-2)14-12-20)28-26(32)21-9-7-19(8-10-21)17-30-15-16-31-25(27(30)33)23-5-3-4-6-24(23)29-31/h7-16,18H,3-6,17H2,1-2H3,(H,28,32). The zero-order valence-electron chi connectivity index (χ0n) is 19.5. The van der Waals surface area contributed by atoms with E-state index in [9.17, 15) is 9.59 Å². The topological polar surface area (TPSA) is 77.6 Å². The van der Waals surface area contributed by atoms with Crippen molar-refractivity contribution < 1.29 is 9.53 Å². The molecule has 0 radical (unpaired) electrons. The van der Waals surface area contributed by atoms with Crippen molar-refractivity contribution in [2.75, 3.05) is 7.11 Å². The number of fused-ring (bicyclic) bond motifs is 3. The number of rotatable bonds is 6. The predicted octanol–water partition coefficient (Wildman–Crippen LogP) is 3.92. The van der Waals surface area contributed by atoms with E-state index in [2.05, 4.69) is 10.4 Å². The predicted molar refractivity (Wildman–Crippen MR) is 131 cm³/mol. The number of amides is 1. The molecule has 0 spiro atoms. The Morgan fingerprint density at radius 1 is 1.06 bits per heavy atom. The molecular weight excluding hydrogens is 428 g/mol. The average Bonchev–Trinajstić information content (AvgIpc) is 3.25. The van der Waals surface area contributed by atoms with Crippen LogP contribution < -0.4 is 15.6 Å². The van der Waals surface area contributed by atoms with Crippen molar-refractivity contribution in [1.82, 2.24) is 19.5 Å². The van der Waals surface area contributed by atoms with Crippen LogP contribution in [-0.4, -0.2) is 27.2 Å². The van der Waals surface area contributed by atoms with Crippen LogP contribution in [0.25, 0.3) is 5.52 Å². The molecule has 0 saturated heterocycles. The molecule has 0 aliphatic heterocycles. The van der Waals surface area contributed by atoms with E-state index in [-0.39, 0.29) is 17.5 Å². The molecule has 1 N–H and O–H groups in total. The van der Waals surface area contributed by atoms with Gasteiger partial charge in [0.25, 0.3) is 11.5 Å². The Bertz CT molecular complexity index is 1380. The van der Waals surface area contributed by atoms with Crippen LogP contribution in [0.5, 0.6) is 5.75 Å². The summed E-state index contributed by atoms with van der Waals surface area (Å²) in [6, 6.07) is 14.9. The highest BCUT2D eigenvalue weighted by molar-refractivity contribution is 5.94. The summed E-state index contributed by atoms with van der Waals surface area (Å²) in [7, 11) is 1.63. The summed E-state index contributed by atoms with van der Waals surface area (Å²) >= 11 is 0. The van der Waals surface area contributed by atoms with Crippen molar-refractivity contribution in [3.8, 4) is 5.75 Å². The number of hydrogen-bond donors (Lipinski definition) is 1. The molecule has 1 amide bonds. The van der Waals surface area contributed by atoms with Gasteiger partial charge >= 0.3 is 0 Å². The van der Waals surface area contributed by atoms with Gasteiger partial charge in [-0.05, 0) is 68.0 Å². The van der Waals surface area contributed by atoms with Gasteiger partial charge in [-0.15, -0.1) is 0 Å². The van der Waals surface area contributed by atoms with Gasteiger partial charge in [-0.2, -0.15) is 5.10 Å². The van der Waals surface area contributed by atoms with E-state index in [0.717, 1.165) is 53.8 Å². The second-order valence-electron chi connectivity index (χ2n) is 8.82. The number of carbonyl (C=O) groups excluding carboxylic acids is 1. The third-order valence-corrected chi connectivity index (χ3v) is 6.57. The van der Waals surface area contributed by atoms with Gasteiger partial charge in [0.15, 0.2) is 0 Å². The summed E-state index contributed by atoms with van der Waals surface area (Å²) in [5.41, 5.74) is 5.37. The van der Waals surface area contributed by atoms with E-state index in [1.54, 1.807) is 34.5 Å². The lowest BCUT2D eigenvalue weighted by Crippen LogP contribution is -2.26. The molecular formula is C27H28N4O3. The van der Waals surface area contributed by atoms with Crippen LogP contribution in [-0.2, 0) is 19.4 Å². The van der Waals surface area contributed by atoms with Crippen LogP contribution in [0, 0.1) is 0 Å². The van der Waals surface area contributed by atoms with Gasteiger partial charge in [0, 0.05) is 23.5 Å². The number of benzene rings is 2. The fraction of sp³-hybridized carbons (Fsp3) is 0.296. The number of carbonyl (C=O) groups is 1. The molecule has 5 rings (SSSR count). The minimum atomic E-state index is -0.139. The maximum atomic E-state index is 13.2. The van der Waals surface area contributed by atoms with Crippen LogP contribution >= 0.6 is 0 Å². The molecule has 2 heterocycles. The summed E-state index contributed by atoms with van der Waals surface area (Å²) in [5, 5.41) is 7.63. The Labute approximate surface area is 198 Å². The number of aryl methyl sites for hydroxylation is 2. The van der Waals surface area contributed by atoms with Crippen LogP contribution in [0.15, 0.2) is 65.7 Å². The SMILES string of the molecule is COc1ccc(C(C)NC(=O)c2ccc(Cn3ccn4nc5c(c4c3=O)CCCC5)cc2)cc1. The zero-order valence-corrected chi connectivity index (χ0v) is 19.5. The molecule has 4 aromatic rings. The van der Waals surface area contributed by atoms with E-state index < -0.39 is 0 Å². The maximum Gasteiger partial charge on any atom is 0.277 e. The molecule has 0 bridgehead atoms. The zero-order chi connectivity index (χ0) is 23.7. The summed E-state index contributed by atoms with van der Waals surface area (Å²) < 4.78 is 8.63. The monoisotopic (exact) mass is 456 g/mol. The maximum absolute atomic E-state index is 13.2. The Morgan fingerprint density at radius 2 is 1.79 bits per heavy atom. The van der Waals surface area contributed by atoms with Gasteiger partial charge < -0.3 is 14.6 Å². The molecule has 7 nitrogen and oxygen atoms in total.